The second-order valence-electron chi connectivity index (χ2n) is 8.11. The van der Waals surface area contributed by atoms with E-state index in [1.165, 1.54) is 0 Å². The Balaban J connectivity index is 1.83. The number of thiophene rings is 1. The molecule has 5 rings (SSSR count). The van der Waals surface area contributed by atoms with Crippen LogP contribution in [0.25, 0.3) is 21.5 Å². The monoisotopic (exact) mass is 476 g/mol. The molecule has 1 aromatic carbocycles. The highest BCUT2D eigenvalue weighted by molar-refractivity contribution is 7.13. The van der Waals surface area contributed by atoms with Gasteiger partial charge < -0.3 is 14.2 Å². The van der Waals surface area contributed by atoms with E-state index in [-0.39, 0.29) is 5.56 Å². The lowest BCUT2D eigenvalue weighted by Crippen LogP contribution is -2.32. The number of imidazole rings is 1. The molecule has 0 aliphatic heterocycles. The molecule has 0 aliphatic carbocycles. The van der Waals surface area contributed by atoms with E-state index in [2.05, 4.69) is 4.98 Å². The van der Waals surface area contributed by atoms with E-state index in [0.717, 1.165) is 16.0 Å². The first-order valence-electron chi connectivity index (χ1n) is 10.3. The minimum absolute atomic E-state index is 0.113. The summed E-state index contributed by atoms with van der Waals surface area (Å²) in [5, 5.41) is 14.8. The number of benzene rings is 1. The van der Waals surface area contributed by atoms with Crippen molar-refractivity contribution in [3.8, 4) is 10.4 Å². The summed E-state index contributed by atoms with van der Waals surface area (Å²) in [6.45, 7) is 2.02. The Kier molecular flexibility index (Phi) is 5.20. The molecule has 33 heavy (non-hydrogen) atoms. The van der Waals surface area contributed by atoms with Gasteiger partial charge in [-0.2, -0.15) is 0 Å². The molecule has 1 N–H and O–H groups in total. The first kappa shape index (κ1) is 21.6. The molecule has 0 saturated heterocycles. The highest BCUT2D eigenvalue weighted by Gasteiger charge is 2.38. The number of aliphatic hydroxyl groups is 1. The molecule has 0 amide bonds. The quantitative estimate of drug-likeness (QED) is 0.410. The zero-order chi connectivity index (χ0) is 23.3. The van der Waals surface area contributed by atoms with Crippen LogP contribution in [0.5, 0.6) is 0 Å². The highest BCUT2D eigenvalue weighted by atomic mass is 35.5. The van der Waals surface area contributed by atoms with E-state index >= 15 is 0 Å². The molecule has 0 spiro atoms. The van der Waals surface area contributed by atoms with Crippen LogP contribution in [-0.2, 0) is 19.7 Å². The average Bonchev–Trinajstić information content (AvgIpc) is 3.44. The molecule has 8 heteroatoms. The molecule has 0 radical (unpaired) electrons. The van der Waals surface area contributed by atoms with Gasteiger partial charge in [-0.05, 0) is 53.8 Å². The third kappa shape index (κ3) is 3.49. The van der Waals surface area contributed by atoms with Gasteiger partial charge in [-0.3, -0.25) is 4.79 Å². The summed E-state index contributed by atoms with van der Waals surface area (Å²) >= 11 is 7.68. The average molecular weight is 477 g/mol. The van der Waals surface area contributed by atoms with Gasteiger partial charge in [0.25, 0.3) is 5.56 Å². The van der Waals surface area contributed by atoms with Crippen molar-refractivity contribution >= 4 is 34.0 Å². The van der Waals surface area contributed by atoms with Crippen molar-refractivity contribution in [2.45, 2.75) is 12.5 Å². The van der Waals surface area contributed by atoms with Crippen LogP contribution >= 0.6 is 22.9 Å². The molecule has 5 aromatic rings. The molecular weight excluding hydrogens is 456 g/mol. The molecule has 4 heterocycles. The summed E-state index contributed by atoms with van der Waals surface area (Å²) in [5.74, 6) is 0. The number of hydrogen-bond donors (Lipinski definition) is 1. The molecule has 4 aromatic heterocycles. The van der Waals surface area contributed by atoms with Crippen LogP contribution in [0.1, 0.15) is 22.5 Å². The molecule has 166 valence electrons. The fourth-order valence-electron chi connectivity index (χ4n) is 4.11. The zero-order valence-electron chi connectivity index (χ0n) is 18.3. The standard InChI is InChI=1S/C25H21ClN4O2S/c1-15-10-20(33-13-15)18-11-23(31)30(3)19-8-9-21(28-24(18)19)25(32,22-12-27-14-29(22)2)16-4-6-17(26)7-5-16/h4-14,32H,1-3H3. The van der Waals surface area contributed by atoms with Crippen LogP contribution in [0.15, 0.2) is 71.2 Å². The van der Waals surface area contributed by atoms with Crippen molar-refractivity contribution in [3.63, 3.8) is 0 Å². The zero-order valence-corrected chi connectivity index (χ0v) is 19.9. The maximum absolute atomic E-state index is 12.7. The van der Waals surface area contributed by atoms with Gasteiger partial charge in [0.1, 0.15) is 0 Å². The molecule has 6 nitrogen and oxygen atoms in total. The maximum atomic E-state index is 12.7. The van der Waals surface area contributed by atoms with Crippen molar-refractivity contribution in [1.29, 1.82) is 0 Å². The fourth-order valence-corrected chi connectivity index (χ4v) is 5.16. The first-order valence-corrected chi connectivity index (χ1v) is 11.6. The van der Waals surface area contributed by atoms with Crippen molar-refractivity contribution < 1.29 is 5.11 Å². The largest absolute Gasteiger partial charge is 0.373 e. The fraction of sp³-hybridized carbons (Fsp3) is 0.160. The van der Waals surface area contributed by atoms with Gasteiger partial charge in [0, 0.05) is 35.6 Å². The van der Waals surface area contributed by atoms with Crippen LogP contribution in [0, 0.1) is 6.92 Å². The summed E-state index contributed by atoms with van der Waals surface area (Å²) < 4.78 is 3.34. The highest BCUT2D eigenvalue weighted by Crippen LogP contribution is 2.38. The molecule has 0 fully saturated rings. The lowest BCUT2D eigenvalue weighted by Gasteiger charge is -2.29. The van der Waals surface area contributed by atoms with Crippen LogP contribution in [0.3, 0.4) is 0 Å². The van der Waals surface area contributed by atoms with Crippen LogP contribution in [0.4, 0.5) is 0 Å². The summed E-state index contributed by atoms with van der Waals surface area (Å²) in [5.41, 5.74) is 3.11. The third-order valence-corrected chi connectivity index (χ3v) is 7.24. The predicted octanol–water partition coefficient (Wildman–Crippen LogP) is 4.64. The second-order valence-corrected chi connectivity index (χ2v) is 9.46. The minimum Gasteiger partial charge on any atom is -0.373 e. The van der Waals surface area contributed by atoms with E-state index in [1.807, 2.05) is 31.5 Å². The van der Waals surface area contributed by atoms with Gasteiger partial charge in [-0.25, -0.2) is 9.97 Å². The summed E-state index contributed by atoms with van der Waals surface area (Å²) in [6, 6.07) is 14.3. The van der Waals surface area contributed by atoms with Crippen LogP contribution < -0.4 is 5.56 Å². The molecule has 1 unspecified atom stereocenters. The van der Waals surface area contributed by atoms with Gasteiger partial charge in [0.05, 0.1) is 34.9 Å². The Bertz CT molecular complexity index is 1550. The smallest absolute Gasteiger partial charge is 0.251 e. The van der Waals surface area contributed by atoms with Gasteiger partial charge >= 0.3 is 0 Å². The number of hydrogen-bond acceptors (Lipinski definition) is 5. The number of aromatic nitrogens is 4. The van der Waals surface area contributed by atoms with E-state index in [9.17, 15) is 9.90 Å². The van der Waals surface area contributed by atoms with Crippen molar-refractivity contribution in [2.75, 3.05) is 0 Å². The Morgan fingerprint density at radius 3 is 2.48 bits per heavy atom. The van der Waals surface area contributed by atoms with E-state index in [1.54, 1.807) is 76.4 Å². The van der Waals surface area contributed by atoms with Gasteiger partial charge in [0.2, 0.25) is 0 Å². The van der Waals surface area contributed by atoms with Crippen LogP contribution in [0.2, 0.25) is 5.02 Å². The van der Waals surface area contributed by atoms with Crippen LogP contribution in [-0.4, -0.2) is 24.2 Å². The number of halogens is 1. The number of aryl methyl sites for hydroxylation is 3. The minimum atomic E-state index is -1.58. The maximum Gasteiger partial charge on any atom is 0.251 e. The lowest BCUT2D eigenvalue weighted by molar-refractivity contribution is 0.113. The SMILES string of the molecule is Cc1csc(-c2cc(=O)n(C)c3ccc(C(O)(c4ccc(Cl)cc4)c4cncn4C)nc23)c1. The number of pyridine rings is 2. The molecule has 1 atom stereocenters. The number of nitrogens with zero attached hydrogens (tertiary/aromatic N) is 4. The summed E-state index contributed by atoms with van der Waals surface area (Å²) in [6.07, 6.45) is 3.27. The molecule has 0 aliphatic rings. The Labute approximate surface area is 199 Å². The van der Waals surface area contributed by atoms with Gasteiger partial charge in [0.15, 0.2) is 5.60 Å². The van der Waals surface area contributed by atoms with E-state index in [4.69, 9.17) is 16.6 Å². The van der Waals surface area contributed by atoms with Crippen molar-refractivity contribution in [1.82, 2.24) is 19.1 Å². The topological polar surface area (TPSA) is 72.9 Å². The summed E-state index contributed by atoms with van der Waals surface area (Å²) in [7, 11) is 3.55. The normalized spacial score (nSPS) is 13.4. The second kappa shape index (κ2) is 7.95. The molecule has 0 saturated carbocycles. The van der Waals surface area contributed by atoms with E-state index in [0.29, 0.717) is 33.0 Å². The van der Waals surface area contributed by atoms with Gasteiger partial charge in [-0.1, -0.05) is 23.7 Å². The first-order chi connectivity index (χ1) is 15.8. The Hall–Kier alpha value is -3.26. The Morgan fingerprint density at radius 1 is 1.09 bits per heavy atom. The third-order valence-electron chi connectivity index (χ3n) is 5.90. The van der Waals surface area contributed by atoms with E-state index < -0.39 is 5.60 Å². The summed E-state index contributed by atoms with van der Waals surface area (Å²) in [4.78, 5) is 22.8. The molecular formula is C25H21ClN4O2S. The molecule has 0 bridgehead atoms. The van der Waals surface area contributed by atoms with Crippen molar-refractivity contribution in [2.24, 2.45) is 14.1 Å². The van der Waals surface area contributed by atoms with Gasteiger partial charge in [-0.15, -0.1) is 11.3 Å². The number of rotatable bonds is 4. The predicted molar refractivity (Wildman–Crippen MR) is 132 cm³/mol. The lowest BCUT2D eigenvalue weighted by atomic mass is 9.86. The number of fused-ring (bicyclic) bond motifs is 1. The Morgan fingerprint density at radius 2 is 1.85 bits per heavy atom. The van der Waals surface area contributed by atoms with Crippen molar-refractivity contribution in [3.05, 3.63) is 104 Å².